The lowest BCUT2D eigenvalue weighted by molar-refractivity contribution is 0.187. The van der Waals surface area contributed by atoms with E-state index in [2.05, 4.69) is 35.3 Å². The molecule has 0 radical (unpaired) electrons. The SMILES string of the molecule is COC(=O)Nc1cccc(NC2CCCCC2C(C)C)c1. The molecule has 1 aliphatic rings. The first-order valence-corrected chi connectivity index (χ1v) is 7.81. The van der Waals surface area contributed by atoms with Crippen LogP contribution in [0.25, 0.3) is 0 Å². The van der Waals surface area contributed by atoms with Gasteiger partial charge in [-0.25, -0.2) is 4.79 Å². The Morgan fingerprint density at radius 2 is 1.95 bits per heavy atom. The molecule has 116 valence electrons. The zero-order valence-electron chi connectivity index (χ0n) is 13.2. The molecule has 1 amide bonds. The van der Waals surface area contributed by atoms with Crippen LogP contribution in [0.1, 0.15) is 39.5 Å². The van der Waals surface area contributed by atoms with Crippen molar-refractivity contribution in [1.82, 2.24) is 0 Å². The van der Waals surface area contributed by atoms with E-state index in [4.69, 9.17) is 0 Å². The summed E-state index contributed by atoms with van der Waals surface area (Å²) in [5.41, 5.74) is 1.81. The molecular weight excluding hydrogens is 264 g/mol. The molecule has 2 atom stereocenters. The van der Waals surface area contributed by atoms with E-state index in [0.717, 1.165) is 17.3 Å². The van der Waals surface area contributed by atoms with Crippen LogP contribution < -0.4 is 10.6 Å². The number of amides is 1. The summed E-state index contributed by atoms with van der Waals surface area (Å²) in [5, 5.41) is 6.35. The van der Waals surface area contributed by atoms with Crippen molar-refractivity contribution in [2.75, 3.05) is 17.7 Å². The third-order valence-electron chi connectivity index (χ3n) is 4.32. The Morgan fingerprint density at radius 1 is 1.24 bits per heavy atom. The van der Waals surface area contributed by atoms with E-state index in [1.165, 1.54) is 32.8 Å². The van der Waals surface area contributed by atoms with Gasteiger partial charge in [-0.2, -0.15) is 0 Å². The van der Waals surface area contributed by atoms with Gasteiger partial charge in [-0.3, -0.25) is 5.32 Å². The summed E-state index contributed by atoms with van der Waals surface area (Å²) in [5.74, 6) is 1.41. The van der Waals surface area contributed by atoms with Gasteiger partial charge >= 0.3 is 6.09 Å². The van der Waals surface area contributed by atoms with Gasteiger partial charge in [0.15, 0.2) is 0 Å². The van der Waals surface area contributed by atoms with Crippen LogP contribution in [0.5, 0.6) is 0 Å². The summed E-state index contributed by atoms with van der Waals surface area (Å²) in [6, 6.07) is 8.34. The Balaban J connectivity index is 2.04. The minimum atomic E-state index is -0.440. The van der Waals surface area contributed by atoms with Crippen LogP contribution in [-0.2, 0) is 4.74 Å². The minimum Gasteiger partial charge on any atom is -0.453 e. The third kappa shape index (κ3) is 4.38. The molecule has 0 spiro atoms. The monoisotopic (exact) mass is 290 g/mol. The fraction of sp³-hybridized carbons (Fsp3) is 0.588. The number of benzene rings is 1. The third-order valence-corrected chi connectivity index (χ3v) is 4.32. The van der Waals surface area contributed by atoms with Gasteiger partial charge in [0.05, 0.1) is 7.11 Å². The maximum Gasteiger partial charge on any atom is 0.411 e. The van der Waals surface area contributed by atoms with Crippen LogP contribution in [-0.4, -0.2) is 19.2 Å². The van der Waals surface area contributed by atoms with Gasteiger partial charge in [0.25, 0.3) is 0 Å². The Morgan fingerprint density at radius 3 is 2.67 bits per heavy atom. The van der Waals surface area contributed by atoms with E-state index in [0.29, 0.717) is 12.0 Å². The molecule has 1 saturated carbocycles. The Kier molecular flexibility index (Phi) is 5.48. The second-order valence-electron chi connectivity index (χ2n) is 6.14. The number of rotatable bonds is 4. The summed E-state index contributed by atoms with van der Waals surface area (Å²) in [4.78, 5) is 11.3. The Bertz CT molecular complexity index is 474. The number of carbonyl (C=O) groups is 1. The number of nitrogens with one attached hydrogen (secondary N) is 2. The number of methoxy groups -OCH3 is 1. The summed E-state index contributed by atoms with van der Waals surface area (Å²) in [6.45, 7) is 4.61. The van der Waals surface area contributed by atoms with Crippen LogP contribution in [0.4, 0.5) is 16.2 Å². The van der Waals surface area contributed by atoms with Crippen LogP contribution in [0.2, 0.25) is 0 Å². The van der Waals surface area contributed by atoms with Crippen molar-refractivity contribution in [3.8, 4) is 0 Å². The zero-order chi connectivity index (χ0) is 15.2. The van der Waals surface area contributed by atoms with E-state index in [1.807, 2.05) is 18.2 Å². The molecule has 0 heterocycles. The van der Waals surface area contributed by atoms with E-state index in [1.54, 1.807) is 0 Å². The van der Waals surface area contributed by atoms with E-state index in [9.17, 15) is 4.79 Å². The second-order valence-corrected chi connectivity index (χ2v) is 6.14. The summed E-state index contributed by atoms with van der Waals surface area (Å²) in [6.07, 6.45) is 4.71. The minimum absolute atomic E-state index is 0.440. The highest BCUT2D eigenvalue weighted by Crippen LogP contribution is 2.32. The number of ether oxygens (including phenoxy) is 1. The first-order chi connectivity index (χ1) is 10.1. The normalized spacial score (nSPS) is 21.9. The molecule has 4 heteroatoms. The molecule has 21 heavy (non-hydrogen) atoms. The smallest absolute Gasteiger partial charge is 0.411 e. The van der Waals surface area contributed by atoms with Crippen LogP contribution in [0, 0.1) is 11.8 Å². The molecule has 2 rings (SSSR count). The largest absolute Gasteiger partial charge is 0.453 e. The lowest BCUT2D eigenvalue weighted by Gasteiger charge is -2.35. The molecule has 1 aromatic carbocycles. The van der Waals surface area contributed by atoms with Gasteiger partial charge in [0.1, 0.15) is 0 Å². The zero-order valence-corrected chi connectivity index (χ0v) is 13.2. The quantitative estimate of drug-likeness (QED) is 0.859. The Hall–Kier alpha value is -1.71. The van der Waals surface area contributed by atoms with E-state index < -0.39 is 6.09 Å². The van der Waals surface area contributed by atoms with Crippen molar-refractivity contribution in [3.05, 3.63) is 24.3 Å². The number of hydrogen-bond donors (Lipinski definition) is 2. The fourth-order valence-corrected chi connectivity index (χ4v) is 3.21. The molecule has 1 aliphatic carbocycles. The number of anilines is 2. The lowest BCUT2D eigenvalue weighted by atomic mass is 9.78. The van der Waals surface area contributed by atoms with E-state index in [-0.39, 0.29) is 0 Å². The van der Waals surface area contributed by atoms with Gasteiger partial charge in [-0.15, -0.1) is 0 Å². The Labute approximate surface area is 127 Å². The average Bonchev–Trinajstić information content (AvgIpc) is 2.48. The fourth-order valence-electron chi connectivity index (χ4n) is 3.21. The molecule has 0 bridgehead atoms. The predicted molar refractivity (Wildman–Crippen MR) is 86.7 cm³/mol. The van der Waals surface area contributed by atoms with Crippen molar-refractivity contribution in [2.45, 2.75) is 45.6 Å². The standard InChI is InChI=1S/C17H26N2O2/c1-12(2)15-9-4-5-10-16(15)18-13-7-6-8-14(11-13)19-17(20)21-3/h6-8,11-12,15-16,18H,4-5,9-10H2,1-3H3,(H,19,20). The second kappa shape index (κ2) is 7.34. The van der Waals surface area contributed by atoms with Crippen molar-refractivity contribution in [3.63, 3.8) is 0 Å². The summed E-state index contributed by atoms with van der Waals surface area (Å²) < 4.78 is 4.62. The number of carbonyl (C=O) groups excluding carboxylic acids is 1. The van der Waals surface area contributed by atoms with Gasteiger partial charge in [0.2, 0.25) is 0 Å². The van der Waals surface area contributed by atoms with E-state index >= 15 is 0 Å². The summed E-state index contributed by atoms with van der Waals surface area (Å²) >= 11 is 0. The molecule has 2 N–H and O–H groups in total. The van der Waals surface area contributed by atoms with Crippen molar-refractivity contribution in [1.29, 1.82) is 0 Å². The van der Waals surface area contributed by atoms with Crippen molar-refractivity contribution in [2.24, 2.45) is 11.8 Å². The van der Waals surface area contributed by atoms with Crippen molar-refractivity contribution >= 4 is 17.5 Å². The van der Waals surface area contributed by atoms with Gasteiger partial charge in [-0.1, -0.05) is 32.8 Å². The average molecular weight is 290 g/mol. The van der Waals surface area contributed by atoms with Crippen molar-refractivity contribution < 1.29 is 9.53 Å². The molecule has 0 saturated heterocycles. The maximum atomic E-state index is 11.3. The molecule has 0 aromatic heterocycles. The first kappa shape index (κ1) is 15.7. The molecule has 1 fully saturated rings. The lowest BCUT2D eigenvalue weighted by Crippen LogP contribution is -2.35. The molecule has 0 aliphatic heterocycles. The van der Waals surface area contributed by atoms with Crippen LogP contribution in [0.3, 0.4) is 0 Å². The first-order valence-electron chi connectivity index (χ1n) is 7.81. The van der Waals surface area contributed by atoms with Gasteiger partial charge in [0, 0.05) is 17.4 Å². The van der Waals surface area contributed by atoms with Crippen LogP contribution in [0.15, 0.2) is 24.3 Å². The molecule has 4 nitrogen and oxygen atoms in total. The molecular formula is C17H26N2O2. The topological polar surface area (TPSA) is 50.4 Å². The highest BCUT2D eigenvalue weighted by molar-refractivity contribution is 5.85. The van der Waals surface area contributed by atoms with Crippen LogP contribution >= 0.6 is 0 Å². The van der Waals surface area contributed by atoms with Gasteiger partial charge < -0.3 is 10.1 Å². The number of hydrogen-bond acceptors (Lipinski definition) is 3. The summed E-state index contributed by atoms with van der Waals surface area (Å²) in [7, 11) is 1.37. The highest BCUT2D eigenvalue weighted by Gasteiger charge is 2.27. The predicted octanol–water partition coefficient (Wildman–Crippen LogP) is 4.49. The molecule has 1 aromatic rings. The highest BCUT2D eigenvalue weighted by atomic mass is 16.5. The van der Waals surface area contributed by atoms with Gasteiger partial charge in [-0.05, 0) is 42.9 Å². The maximum absolute atomic E-state index is 11.3. The molecule has 2 unspecified atom stereocenters.